The zero-order valence-electron chi connectivity index (χ0n) is 16.6. The number of hydrogen-bond acceptors (Lipinski definition) is 5. The number of imide groups is 1. The lowest BCUT2D eigenvalue weighted by molar-refractivity contribution is -0.128. The molecule has 3 atom stereocenters. The largest absolute Gasteiger partial charge is 0.454 e. The van der Waals surface area contributed by atoms with Crippen LogP contribution in [0.3, 0.4) is 0 Å². The van der Waals surface area contributed by atoms with E-state index in [1.54, 1.807) is 18.2 Å². The van der Waals surface area contributed by atoms with Gasteiger partial charge in [0.05, 0.1) is 6.54 Å². The lowest BCUT2D eigenvalue weighted by Crippen LogP contribution is -2.41. The standard InChI is InChI=1S/C21H27N3O5/c1-13-4-2-3-5-15(13)22-19(25)9-7-16-20(26)24(21(27)23-16)11-14-6-8-17-18(10-14)29-12-28-17/h6,8,10,13,15-16H,2-5,7,9,11-12H2,1H3,(H,22,25)(H,23,27)/t13-,15+,16-/m1/s1. The minimum atomic E-state index is -0.661. The highest BCUT2D eigenvalue weighted by Crippen LogP contribution is 2.33. The van der Waals surface area contributed by atoms with Crippen molar-refractivity contribution in [2.75, 3.05) is 6.79 Å². The Hall–Kier alpha value is -2.77. The number of benzene rings is 1. The third-order valence-electron chi connectivity index (χ3n) is 6.00. The van der Waals surface area contributed by atoms with Crippen LogP contribution in [-0.2, 0) is 16.1 Å². The van der Waals surface area contributed by atoms with Gasteiger partial charge in [0, 0.05) is 12.5 Å². The van der Waals surface area contributed by atoms with Crippen LogP contribution in [0.2, 0.25) is 0 Å². The first-order valence-corrected chi connectivity index (χ1v) is 10.3. The third-order valence-corrected chi connectivity index (χ3v) is 6.00. The van der Waals surface area contributed by atoms with Crippen molar-refractivity contribution in [3.8, 4) is 11.5 Å². The monoisotopic (exact) mass is 401 g/mol. The summed E-state index contributed by atoms with van der Waals surface area (Å²) in [6.07, 6.45) is 5.02. The van der Waals surface area contributed by atoms with Crippen molar-refractivity contribution in [1.82, 2.24) is 15.5 Å². The number of fused-ring (bicyclic) bond motifs is 1. The van der Waals surface area contributed by atoms with E-state index in [0.29, 0.717) is 23.8 Å². The predicted molar refractivity (Wildman–Crippen MR) is 104 cm³/mol. The fraction of sp³-hybridized carbons (Fsp3) is 0.571. The molecule has 1 saturated heterocycles. The van der Waals surface area contributed by atoms with Gasteiger partial charge in [-0.05, 0) is 42.9 Å². The van der Waals surface area contributed by atoms with Crippen LogP contribution in [-0.4, -0.2) is 41.6 Å². The molecule has 3 aliphatic rings. The summed E-state index contributed by atoms with van der Waals surface area (Å²) in [5.74, 6) is 1.39. The smallest absolute Gasteiger partial charge is 0.325 e. The molecule has 1 aromatic carbocycles. The lowest BCUT2D eigenvalue weighted by atomic mass is 9.86. The van der Waals surface area contributed by atoms with Crippen LogP contribution >= 0.6 is 0 Å². The molecule has 8 nitrogen and oxygen atoms in total. The number of hydrogen-bond donors (Lipinski definition) is 2. The normalized spacial score (nSPS) is 25.8. The van der Waals surface area contributed by atoms with E-state index in [-0.39, 0.29) is 37.6 Å². The van der Waals surface area contributed by atoms with Crippen molar-refractivity contribution in [1.29, 1.82) is 0 Å². The second-order valence-corrected chi connectivity index (χ2v) is 8.09. The highest BCUT2D eigenvalue weighted by atomic mass is 16.7. The van der Waals surface area contributed by atoms with Gasteiger partial charge in [-0.1, -0.05) is 25.8 Å². The van der Waals surface area contributed by atoms with E-state index in [2.05, 4.69) is 17.6 Å². The number of amides is 4. The van der Waals surface area contributed by atoms with Gasteiger partial charge in [0.2, 0.25) is 12.7 Å². The fourth-order valence-electron chi connectivity index (χ4n) is 4.23. The van der Waals surface area contributed by atoms with E-state index in [0.717, 1.165) is 24.8 Å². The average Bonchev–Trinajstić information content (AvgIpc) is 3.27. The van der Waals surface area contributed by atoms with Crippen LogP contribution in [0.4, 0.5) is 4.79 Å². The molecule has 8 heteroatoms. The molecule has 1 aromatic rings. The number of carbonyl (C=O) groups excluding carboxylic acids is 3. The van der Waals surface area contributed by atoms with Crippen LogP contribution < -0.4 is 20.1 Å². The quantitative estimate of drug-likeness (QED) is 0.713. The summed E-state index contributed by atoms with van der Waals surface area (Å²) in [6, 6.07) is 4.47. The van der Waals surface area contributed by atoms with Crippen LogP contribution in [0.5, 0.6) is 11.5 Å². The Morgan fingerprint density at radius 3 is 2.83 bits per heavy atom. The second-order valence-electron chi connectivity index (χ2n) is 8.09. The Labute approximate surface area is 169 Å². The first-order valence-electron chi connectivity index (χ1n) is 10.3. The van der Waals surface area contributed by atoms with Gasteiger partial charge in [-0.3, -0.25) is 14.5 Å². The van der Waals surface area contributed by atoms with Crippen LogP contribution in [0.15, 0.2) is 18.2 Å². The first-order chi connectivity index (χ1) is 14.0. The van der Waals surface area contributed by atoms with Gasteiger partial charge in [-0.2, -0.15) is 0 Å². The number of nitrogens with zero attached hydrogens (tertiary/aromatic N) is 1. The minimum absolute atomic E-state index is 0.0555. The average molecular weight is 401 g/mol. The van der Waals surface area contributed by atoms with Crippen molar-refractivity contribution < 1.29 is 23.9 Å². The summed E-state index contributed by atoms with van der Waals surface area (Å²) in [7, 11) is 0. The van der Waals surface area contributed by atoms with Gasteiger partial charge in [-0.25, -0.2) is 4.79 Å². The molecule has 4 rings (SSSR count). The zero-order valence-corrected chi connectivity index (χ0v) is 16.6. The molecule has 4 amide bonds. The molecule has 0 spiro atoms. The van der Waals surface area contributed by atoms with Gasteiger partial charge >= 0.3 is 6.03 Å². The van der Waals surface area contributed by atoms with Gasteiger partial charge < -0.3 is 20.1 Å². The number of carbonyl (C=O) groups is 3. The van der Waals surface area contributed by atoms with E-state index in [1.165, 1.54) is 11.3 Å². The molecule has 2 heterocycles. The maximum atomic E-state index is 12.7. The number of urea groups is 1. The van der Waals surface area contributed by atoms with E-state index in [1.807, 2.05) is 0 Å². The molecule has 0 radical (unpaired) electrons. The number of nitrogens with one attached hydrogen (secondary N) is 2. The topological polar surface area (TPSA) is 97.0 Å². The zero-order chi connectivity index (χ0) is 20.4. The molecule has 2 fully saturated rings. The van der Waals surface area contributed by atoms with Gasteiger partial charge in [0.15, 0.2) is 11.5 Å². The SMILES string of the molecule is C[C@@H]1CCCC[C@@H]1NC(=O)CC[C@H]1NC(=O)N(Cc2ccc3c(c2)OCO3)C1=O. The van der Waals surface area contributed by atoms with Crippen molar-refractivity contribution >= 4 is 17.8 Å². The Kier molecular flexibility index (Phi) is 5.60. The molecule has 1 aliphatic carbocycles. The van der Waals surface area contributed by atoms with Crippen LogP contribution in [0.25, 0.3) is 0 Å². The highest BCUT2D eigenvalue weighted by Gasteiger charge is 2.38. The maximum absolute atomic E-state index is 12.7. The van der Waals surface area contributed by atoms with E-state index in [9.17, 15) is 14.4 Å². The fourth-order valence-corrected chi connectivity index (χ4v) is 4.23. The summed E-state index contributed by atoms with van der Waals surface area (Å²) < 4.78 is 10.6. The Morgan fingerprint density at radius 2 is 2.00 bits per heavy atom. The predicted octanol–water partition coefficient (Wildman–Crippen LogP) is 2.31. The molecule has 2 aliphatic heterocycles. The molecular weight excluding hydrogens is 374 g/mol. The van der Waals surface area contributed by atoms with Crippen molar-refractivity contribution in [3.63, 3.8) is 0 Å². The molecular formula is C21H27N3O5. The van der Waals surface area contributed by atoms with Crippen LogP contribution in [0, 0.1) is 5.92 Å². The van der Waals surface area contributed by atoms with Crippen LogP contribution in [0.1, 0.15) is 51.0 Å². The van der Waals surface area contributed by atoms with E-state index >= 15 is 0 Å². The van der Waals surface area contributed by atoms with E-state index < -0.39 is 12.1 Å². The summed E-state index contributed by atoms with van der Waals surface area (Å²) in [4.78, 5) is 38.4. The molecule has 0 unspecified atom stereocenters. The molecule has 0 bridgehead atoms. The molecule has 1 saturated carbocycles. The van der Waals surface area contributed by atoms with E-state index in [4.69, 9.17) is 9.47 Å². The second kappa shape index (κ2) is 8.31. The summed E-state index contributed by atoms with van der Waals surface area (Å²) in [5.41, 5.74) is 0.780. The molecule has 29 heavy (non-hydrogen) atoms. The Bertz CT molecular complexity index is 812. The minimum Gasteiger partial charge on any atom is -0.454 e. The maximum Gasteiger partial charge on any atom is 0.325 e. The summed E-state index contributed by atoms with van der Waals surface area (Å²) in [6.45, 7) is 2.49. The van der Waals surface area contributed by atoms with Crippen molar-refractivity contribution in [2.45, 2.75) is 64.1 Å². The number of rotatable bonds is 6. The Morgan fingerprint density at radius 1 is 1.21 bits per heavy atom. The van der Waals surface area contributed by atoms with Crippen molar-refractivity contribution in [3.05, 3.63) is 23.8 Å². The Balaban J connectivity index is 1.29. The van der Waals surface area contributed by atoms with Crippen molar-refractivity contribution in [2.24, 2.45) is 5.92 Å². The molecule has 0 aromatic heterocycles. The first kappa shape index (κ1) is 19.5. The lowest BCUT2D eigenvalue weighted by Gasteiger charge is -2.29. The molecule has 2 N–H and O–H groups in total. The summed E-state index contributed by atoms with van der Waals surface area (Å²) in [5, 5.41) is 5.79. The van der Waals surface area contributed by atoms with Gasteiger partial charge in [0.25, 0.3) is 5.91 Å². The van der Waals surface area contributed by atoms with Gasteiger partial charge in [0.1, 0.15) is 6.04 Å². The molecule has 156 valence electrons. The number of ether oxygens (including phenoxy) is 2. The van der Waals surface area contributed by atoms with Gasteiger partial charge in [-0.15, -0.1) is 0 Å². The summed E-state index contributed by atoms with van der Waals surface area (Å²) >= 11 is 0. The third kappa shape index (κ3) is 4.31. The highest BCUT2D eigenvalue weighted by molar-refractivity contribution is 6.04.